The zero-order valence-electron chi connectivity index (χ0n) is 12.6. The summed E-state index contributed by atoms with van der Waals surface area (Å²) in [5, 5.41) is 9.02. The highest BCUT2D eigenvalue weighted by Gasteiger charge is 2.21. The van der Waals surface area contributed by atoms with Crippen LogP contribution in [0.25, 0.3) is 0 Å². The Morgan fingerprint density at radius 1 is 1.48 bits per heavy atom. The van der Waals surface area contributed by atoms with Crippen molar-refractivity contribution < 1.29 is 24.1 Å². The summed E-state index contributed by atoms with van der Waals surface area (Å²) in [5.74, 6) is 0.759. The smallest absolute Gasteiger partial charge is 0.307 e. The highest BCUT2D eigenvalue weighted by Crippen LogP contribution is 2.42. The molecule has 1 aliphatic heterocycles. The maximum atomic E-state index is 11.0. The molecule has 1 unspecified atom stereocenters. The van der Waals surface area contributed by atoms with Crippen LogP contribution in [-0.2, 0) is 11.3 Å². The molecule has 0 aliphatic carbocycles. The molecule has 0 amide bonds. The number of carboxylic acid groups (broad SMARTS) is 1. The lowest BCUT2D eigenvalue weighted by molar-refractivity contribution is -0.141. The first kappa shape index (κ1) is 15.4. The van der Waals surface area contributed by atoms with E-state index in [9.17, 15) is 4.79 Å². The van der Waals surface area contributed by atoms with Gasteiger partial charge in [0.05, 0.1) is 13.0 Å². The number of carbonyl (C=O) groups is 1. The van der Waals surface area contributed by atoms with Crippen LogP contribution in [0, 0.1) is 5.92 Å². The van der Waals surface area contributed by atoms with E-state index in [1.54, 1.807) is 14.0 Å². The first-order chi connectivity index (χ1) is 10.0. The third-order valence-corrected chi connectivity index (χ3v) is 3.53. The summed E-state index contributed by atoms with van der Waals surface area (Å²) < 4.78 is 16.1. The van der Waals surface area contributed by atoms with Crippen LogP contribution in [-0.4, -0.2) is 43.0 Å². The topological polar surface area (TPSA) is 68.2 Å². The number of aliphatic carboxylic acids is 1. The van der Waals surface area contributed by atoms with Crippen LogP contribution in [0.15, 0.2) is 12.1 Å². The van der Waals surface area contributed by atoms with Crippen molar-refractivity contribution >= 4 is 5.97 Å². The Balaban J connectivity index is 2.12. The van der Waals surface area contributed by atoms with Gasteiger partial charge in [0, 0.05) is 13.1 Å². The molecular weight excluding hydrogens is 274 g/mol. The maximum absolute atomic E-state index is 11.0. The average molecular weight is 295 g/mol. The number of fused-ring (bicyclic) bond motifs is 1. The first-order valence-corrected chi connectivity index (χ1v) is 6.96. The van der Waals surface area contributed by atoms with Crippen molar-refractivity contribution in [3.63, 3.8) is 0 Å². The van der Waals surface area contributed by atoms with Gasteiger partial charge in [0.2, 0.25) is 12.5 Å². The minimum atomic E-state index is -0.781. The number of hydrogen-bond donors (Lipinski definition) is 1. The predicted molar refractivity (Wildman–Crippen MR) is 76.9 cm³/mol. The summed E-state index contributed by atoms with van der Waals surface area (Å²) in [5.41, 5.74) is 1.01. The standard InChI is InChI=1S/C15H21NO5/c1-4-16(7-10(2)15(17)18)8-11-5-12(19-3)14-13(6-11)20-9-21-14/h5-6,10H,4,7-9H2,1-3H3,(H,17,18). The van der Waals surface area contributed by atoms with Crippen molar-refractivity contribution in [2.45, 2.75) is 20.4 Å². The monoisotopic (exact) mass is 295 g/mol. The van der Waals surface area contributed by atoms with E-state index in [0.29, 0.717) is 30.3 Å². The van der Waals surface area contributed by atoms with Gasteiger partial charge in [-0.15, -0.1) is 0 Å². The third-order valence-electron chi connectivity index (χ3n) is 3.53. The molecule has 0 aromatic heterocycles. The highest BCUT2D eigenvalue weighted by molar-refractivity contribution is 5.69. The fraction of sp³-hybridized carbons (Fsp3) is 0.533. The molecule has 6 nitrogen and oxygen atoms in total. The molecule has 1 aromatic rings. The van der Waals surface area contributed by atoms with Gasteiger partial charge in [0.25, 0.3) is 0 Å². The number of methoxy groups -OCH3 is 1. The molecule has 1 aromatic carbocycles. The number of rotatable bonds is 7. The van der Waals surface area contributed by atoms with E-state index in [1.807, 2.05) is 19.1 Å². The molecule has 1 N–H and O–H groups in total. The van der Waals surface area contributed by atoms with Crippen LogP contribution in [0.4, 0.5) is 0 Å². The number of hydrogen-bond acceptors (Lipinski definition) is 5. The van der Waals surface area contributed by atoms with Gasteiger partial charge in [-0.25, -0.2) is 0 Å². The van der Waals surface area contributed by atoms with E-state index in [2.05, 4.69) is 4.90 Å². The molecule has 1 atom stereocenters. The average Bonchev–Trinajstić information content (AvgIpc) is 2.93. The van der Waals surface area contributed by atoms with Crippen molar-refractivity contribution in [1.29, 1.82) is 0 Å². The zero-order chi connectivity index (χ0) is 15.4. The van der Waals surface area contributed by atoms with Gasteiger partial charge in [-0.05, 0) is 24.2 Å². The molecule has 2 rings (SSSR count). The molecule has 6 heteroatoms. The summed E-state index contributed by atoms with van der Waals surface area (Å²) >= 11 is 0. The zero-order valence-corrected chi connectivity index (χ0v) is 12.6. The Bertz CT molecular complexity index is 517. The lowest BCUT2D eigenvalue weighted by atomic mass is 10.1. The van der Waals surface area contributed by atoms with Gasteiger partial charge >= 0.3 is 5.97 Å². The van der Waals surface area contributed by atoms with Gasteiger partial charge in [-0.2, -0.15) is 0 Å². The number of carboxylic acids is 1. The Morgan fingerprint density at radius 3 is 2.86 bits per heavy atom. The molecule has 0 spiro atoms. The second-order valence-corrected chi connectivity index (χ2v) is 5.10. The summed E-state index contributed by atoms with van der Waals surface area (Å²) in [6.07, 6.45) is 0. The molecule has 1 aliphatic rings. The van der Waals surface area contributed by atoms with E-state index >= 15 is 0 Å². The summed E-state index contributed by atoms with van der Waals surface area (Å²) in [7, 11) is 1.59. The van der Waals surface area contributed by atoms with Crippen LogP contribution in [0.5, 0.6) is 17.2 Å². The van der Waals surface area contributed by atoms with Crippen molar-refractivity contribution in [3.05, 3.63) is 17.7 Å². The number of benzene rings is 1. The van der Waals surface area contributed by atoms with Crippen LogP contribution in [0.1, 0.15) is 19.4 Å². The summed E-state index contributed by atoms with van der Waals surface area (Å²) in [6, 6.07) is 3.82. The van der Waals surface area contributed by atoms with Gasteiger partial charge in [0.15, 0.2) is 11.5 Å². The predicted octanol–water partition coefficient (Wildman–Crippen LogP) is 1.97. The van der Waals surface area contributed by atoms with Gasteiger partial charge < -0.3 is 19.3 Å². The summed E-state index contributed by atoms with van der Waals surface area (Å²) in [4.78, 5) is 13.1. The van der Waals surface area contributed by atoms with E-state index in [0.717, 1.165) is 12.1 Å². The minimum Gasteiger partial charge on any atom is -0.493 e. The SMILES string of the molecule is CCN(Cc1cc(OC)c2c(c1)OCO2)CC(C)C(=O)O. The molecule has 0 radical (unpaired) electrons. The number of nitrogens with zero attached hydrogens (tertiary/aromatic N) is 1. The van der Waals surface area contributed by atoms with Crippen molar-refractivity contribution in [2.75, 3.05) is 27.0 Å². The lowest BCUT2D eigenvalue weighted by Crippen LogP contribution is -2.31. The Hall–Kier alpha value is -1.95. The van der Waals surface area contributed by atoms with Gasteiger partial charge in [-0.3, -0.25) is 9.69 Å². The van der Waals surface area contributed by atoms with Crippen LogP contribution >= 0.6 is 0 Å². The number of ether oxygens (including phenoxy) is 3. The van der Waals surface area contributed by atoms with E-state index in [1.165, 1.54) is 0 Å². The van der Waals surface area contributed by atoms with Gasteiger partial charge in [0.1, 0.15) is 0 Å². The van der Waals surface area contributed by atoms with Crippen LogP contribution in [0.3, 0.4) is 0 Å². The Labute approximate surface area is 124 Å². The third kappa shape index (κ3) is 3.58. The maximum Gasteiger partial charge on any atom is 0.307 e. The molecule has 21 heavy (non-hydrogen) atoms. The molecule has 0 fully saturated rings. The molecule has 0 saturated heterocycles. The lowest BCUT2D eigenvalue weighted by Gasteiger charge is -2.23. The molecule has 116 valence electrons. The normalized spacial score (nSPS) is 14.3. The Morgan fingerprint density at radius 2 is 2.24 bits per heavy atom. The van der Waals surface area contributed by atoms with Crippen LogP contribution < -0.4 is 14.2 Å². The van der Waals surface area contributed by atoms with E-state index < -0.39 is 11.9 Å². The summed E-state index contributed by atoms with van der Waals surface area (Å²) in [6.45, 7) is 5.84. The first-order valence-electron chi connectivity index (χ1n) is 6.96. The van der Waals surface area contributed by atoms with Crippen molar-refractivity contribution in [1.82, 2.24) is 4.90 Å². The van der Waals surface area contributed by atoms with Crippen molar-refractivity contribution in [3.8, 4) is 17.2 Å². The molecular formula is C15H21NO5. The molecule has 0 bridgehead atoms. The fourth-order valence-electron chi connectivity index (χ4n) is 2.30. The van der Waals surface area contributed by atoms with Crippen LogP contribution in [0.2, 0.25) is 0 Å². The van der Waals surface area contributed by atoms with Crippen molar-refractivity contribution in [2.24, 2.45) is 5.92 Å². The quantitative estimate of drug-likeness (QED) is 0.829. The Kier molecular flexibility index (Phi) is 4.90. The fourth-order valence-corrected chi connectivity index (χ4v) is 2.30. The van der Waals surface area contributed by atoms with E-state index in [-0.39, 0.29) is 6.79 Å². The minimum absolute atomic E-state index is 0.197. The second kappa shape index (κ2) is 6.67. The van der Waals surface area contributed by atoms with Gasteiger partial charge in [-0.1, -0.05) is 13.8 Å². The molecule has 1 heterocycles. The molecule has 0 saturated carbocycles. The van der Waals surface area contributed by atoms with E-state index in [4.69, 9.17) is 19.3 Å². The second-order valence-electron chi connectivity index (χ2n) is 5.10. The largest absolute Gasteiger partial charge is 0.493 e. The highest BCUT2D eigenvalue weighted by atomic mass is 16.7.